The third-order valence-electron chi connectivity index (χ3n) is 3.54. The molecular weight excluding hydrogens is 282 g/mol. The van der Waals surface area contributed by atoms with Gasteiger partial charge in [0, 0.05) is 20.3 Å². The Hall–Kier alpha value is -1.75. The Balaban J connectivity index is 2.88. The molecule has 0 heterocycles. The first-order chi connectivity index (χ1) is 10.5. The van der Waals surface area contributed by atoms with Crippen LogP contribution in [0.15, 0.2) is 18.2 Å². The molecule has 0 bridgehead atoms. The molecule has 0 spiro atoms. The summed E-state index contributed by atoms with van der Waals surface area (Å²) >= 11 is 0. The number of carbonyl (C=O) groups excluding carboxylic acids is 1. The zero-order chi connectivity index (χ0) is 16.5. The smallest absolute Gasteiger partial charge is 0.227 e. The molecule has 0 aliphatic rings. The van der Waals surface area contributed by atoms with Crippen molar-refractivity contribution in [2.75, 3.05) is 34.5 Å². The van der Waals surface area contributed by atoms with Crippen LogP contribution in [0.3, 0.4) is 0 Å². The van der Waals surface area contributed by atoms with Crippen molar-refractivity contribution in [1.82, 2.24) is 5.32 Å². The van der Waals surface area contributed by atoms with Crippen LogP contribution < -0.4 is 14.8 Å². The minimum absolute atomic E-state index is 0.0262. The van der Waals surface area contributed by atoms with E-state index in [2.05, 4.69) is 5.32 Å². The Morgan fingerprint density at radius 1 is 1.14 bits per heavy atom. The molecule has 5 nitrogen and oxygen atoms in total. The van der Waals surface area contributed by atoms with Crippen LogP contribution in [0.25, 0.3) is 0 Å². The molecule has 1 aromatic rings. The lowest BCUT2D eigenvalue weighted by atomic mass is 9.87. The van der Waals surface area contributed by atoms with Crippen molar-refractivity contribution in [2.45, 2.75) is 26.2 Å². The molecule has 0 saturated carbocycles. The van der Waals surface area contributed by atoms with Gasteiger partial charge >= 0.3 is 0 Å². The van der Waals surface area contributed by atoms with E-state index in [0.717, 1.165) is 12.0 Å². The number of benzene rings is 1. The van der Waals surface area contributed by atoms with Crippen molar-refractivity contribution in [3.8, 4) is 11.5 Å². The molecule has 1 N–H and O–H groups in total. The summed E-state index contributed by atoms with van der Waals surface area (Å²) in [5.74, 6) is 1.29. The van der Waals surface area contributed by atoms with Crippen molar-refractivity contribution in [3.63, 3.8) is 0 Å². The molecule has 0 aliphatic carbocycles. The number of methoxy groups -OCH3 is 3. The monoisotopic (exact) mass is 309 g/mol. The van der Waals surface area contributed by atoms with E-state index in [0.29, 0.717) is 24.7 Å². The van der Waals surface area contributed by atoms with Crippen LogP contribution in [-0.2, 0) is 9.53 Å². The van der Waals surface area contributed by atoms with Crippen molar-refractivity contribution in [2.24, 2.45) is 5.92 Å². The van der Waals surface area contributed by atoms with E-state index in [1.807, 2.05) is 32.0 Å². The quantitative estimate of drug-likeness (QED) is 0.712. The zero-order valence-electron chi connectivity index (χ0n) is 14.1. The van der Waals surface area contributed by atoms with Crippen LogP contribution >= 0.6 is 0 Å². The Bertz CT molecular complexity index is 474. The fourth-order valence-corrected chi connectivity index (χ4v) is 2.42. The first-order valence-electron chi connectivity index (χ1n) is 7.53. The lowest BCUT2D eigenvalue weighted by molar-refractivity contribution is -0.123. The highest BCUT2D eigenvalue weighted by atomic mass is 16.5. The zero-order valence-corrected chi connectivity index (χ0v) is 14.1. The molecule has 1 amide bonds. The van der Waals surface area contributed by atoms with Crippen LogP contribution in [0.2, 0.25) is 0 Å². The Kier molecular flexibility index (Phi) is 7.74. The van der Waals surface area contributed by atoms with E-state index in [4.69, 9.17) is 14.2 Å². The van der Waals surface area contributed by atoms with Gasteiger partial charge in [-0.05, 0) is 30.0 Å². The maximum atomic E-state index is 12.5. The van der Waals surface area contributed by atoms with Gasteiger partial charge in [0.25, 0.3) is 0 Å². The lowest BCUT2D eigenvalue weighted by Gasteiger charge is -2.22. The predicted molar refractivity (Wildman–Crippen MR) is 86.6 cm³/mol. The number of ether oxygens (including phenoxy) is 3. The number of hydrogen-bond acceptors (Lipinski definition) is 4. The van der Waals surface area contributed by atoms with E-state index in [9.17, 15) is 4.79 Å². The second-order valence-corrected chi connectivity index (χ2v) is 5.47. The fourth-order valence-electron chi connectivity index (χ4n) is 2.42. The molecule has 0 fully saturated rings. The number of nitrogens with one attached hydrogen (secondary N) is 1. The van der Waals surface area contributed by atoms with Gasteiger partial charge in [-0.15, -0.1) is 0 Å². The van der Waals surface area contributed by atoms with Gasteiger partial charge in [0.2, 0.25) is 5.91 Å². The summed E-state index contributed by atoms with van der Waals surface area (Å²) in [6.45, 7) is 5.33. The summed E-state index contributed by atoms with van der Waals surface area (Å²) in [6.07, 6.45) is 0.805. The number of rotatable bonds is 9. The van der Waals surface area contributed by atoms with Crippen LogP contribution in [-0.4, -0.2) is 40.4 Å². The highest BCUT2D eigenvalue weighted by Crippen LogP contribution is 2.33. The number of hydrogen-bond donors (Lipinski definition) is 1. The van der Waals surface area contributed by atoms with E-state index in [-0.39, 0.29) is 17.7 Å². The molecular formula is C17H27NO4. The molecule has 0 aliphatic heterocycles. The topological polar surface area (TPSA) is 56.8 Å². The summed E-state index contributed by atoms with van der Waals surface area (Å²) in [7, 11) is 4.85. The average Bonchev–Trinajstić information content (AvgIpc) is 2.51. The Labute approximate surface area is 132 Å². The summed E-state index contributed by atoms with van der Waals surface area (Å²) < 4.78 is 15.6. The van der Waals surface area contributed by atoms with E-state index < -0.39 is 0 Å². The molecule has 22 heavy (non-hydrogen) atoms. The third kappa shape index (κ3) is 4.91. The normalized spacial score (nSPS) is 12.1. The Morgan fingerprint density at radius 2 is 1.82 bits per heavy atom. The highest BCUT2D eigenvalue weighted by Gasteiger charge is 2.25. The highest BCUT2D eigenvalue weighted by molar-refractivity contribution is 5.84. The molecule has 0 saturated heterocycles. The van der Waals surface area contributed by atoms with E-state index in [1.165, 1.54) is 0 Å². The Morgan fingerprint density at radius 3 is 2.36 bits per heavy atom. The molecule has 1 atom stereocenters. The summed E-state index contributed by atoms with van der Waals surface area (Å²) in [5, 5.41) is 2.97. The van der Waals surface area contributed by atoms with Crippen LogP contribution in [0.5, 0.6) is 11.5 Å². The minimum atomic E-state index is -0.220. The average molecular weight is 309 g/mol. The van der Waals surface area contributed by atoms with Gasteiger partial charge in [0.05, 0.1) is 20.1 Å². The maximum absolute atomic E-state index is 12.5. The largest absolute Gasteiger partial charge is 0.493 e. The van der Waals surface area contributed by atoms with E-state index in [1.54, 1.807) is 21.3 Å². The van der Waals surface area contributed by atoms with Gasteiger partial charge in [-0.3, -0.25) is 4.79 Å². The third-order valence-corrected chi connectivity index (χ3v) is 3.54. The van der Waals surface area contributed by atoms with Crippen molar-refractivity contribution < 1.29 is 19.0 Å². The molecule has 5 heteroatoms. The van der Waals surface area contributed by atoms with Gasteiger partial charge in [0.15, 0.2) is 11.5 Å². The van der Waals surface area contributed by atoms with Crippen LogP contribution in [0.4, 0.5) is 0 Å². The molecule has 1 unspecified atom stereocenters. The van der Waals surface area contributed by atoms with Gasteiger partial charge in [-0.2, -0.15) is 0 Å². The molecule has 0 radical (unpaired) electrons. The predicted octanol–water partition coefficient (Wildman–Crippen LogP) is 2.60. The fraction of sp³-hybridized carbons (Fsp3) is 0.588. The first kappa shape index (κ1) is 18.3. The first-order valence-corrected chi connectivity index (χ1v) is 7.53. The molecule has 1 aromatic carbocycles. The van der Waals surface area contributed by atoms with Gasteiger partial charge < -0.3 is 19.5 Å². The minimum Gasteiger partial charge on any atom is -0.493 e. The molecule has 1 rings (SSSR count). The SMILES string of the molecule is COCCCNC(=O)C(c1ccc(OC)c(OC)c1)C(C)C. The van der Waals surface area contributed by atoms with Gasteiger partial charge in [0.1, 0.15) is 0 Å². The summed E-state index contributed by atoms with van der Waals surface area (Å²) in [5.41, 5.74) is 0.928. The second kappa shape index (κ2) is 9.30. The van der Waals surface area contributed by atoms with E-state index >= 15 is 0 Å². The lowest BCUT2D eigenvalue weighted by Crippen LogP contribution is -2.33. The van der Waals surface area contributed by atoms with Gasteiger partial charge in [-0.25, -0.2) is 0 Å². The maximum Gasteiger partial charge on any atom is 0.227 e. The van der Waals surface area contributed by atoms with Gasteiger partial charge in [-0.1, -0.05) is 19.9 Å². The number of carbonyl (C=O) groups is 1. The second-order valence-electron chi connectivity index (χ2n) is 5.47. The standard InChI is InChI=1S/C17H27NO4/c1-12(2)16(17(19)18-9-6-10-20-3)13-7-8-14(21-4)15(11-13)22-5/h7-8,11-12,16H,6,9-10H2,1-5H3,(H,18,19). The van der Waals surface area contributed by atoms with Crippen molar-refractivity contribution in [3.05, 3.63) is 23.8 Å². The van der Waals surface area contributed by atoms with Crippen molar-refractivity contribution >= 4 is 5.91 Å². The van der Waals surface area contributed by atoms with Crippen molar-refractivity contribution in [1.29, 1.82) is 0 Å². The summed E-state index contributed by atoms with van der Waals surface area (Å²) in [6, 6.07) is 5.63. The van der Waals surface area contributed by atoms with Crippen LogP contribution in [0, 0.1) is 5.92 Å². The number of amides is 1. The molecule has 0 aromatic heterocycles. The summed E-state index contributed by atoms with van der Waals surface area (Å²) in [4.78, 5) is 12.5. The molecule has 124 valence electrons. The van der Waals surface area contributed by atoms with Crippen LogP contribution in [0.1, 0.15) is 31.7 Å².